The van der Waals surface area contributed by atoms with Crippen molar-refractivity contribution in [3.63, 3.8) is 0 Å². The van der Waals surface area contributed by atoms with Crippen LogP contribution in [0.5, 0.6) is 0 Å². The fourth-order valence-corrected chi connectivity index (χ4v) is 2.89. The van der Waals surface area contributed by atoms with Crippen LogP contribution in [0, 0.1) is 19.3 Å². The summed E-state index contributed by atoms with van der Waals surface area (Å²) in [6, 6.07) is 7.93. The summed E-state index contributed by atoms with van der Waals surface area (Å²) in [6.07, 6.45) is 0.260. The molecule has 0 aliphatic carbocycles. The maximum atomic E-state index is 12.5. The molecule has 2 N–H and O–H groups in total. The van der Waals surface area contributed by atoms with Gasteiger partial charge in [-0.2, -0.15) is 0 Å². The van der Waals surface area contributed by atoms with Crippen molar-refractivity contribution in [1.29, 1.82) is 0 Å². The lowest BCUT2D eigenvalue weighted by Crippen LogP contribution is -2.36. The minimum Gasteiger partial charge on any atom is -0.393 e. The number of carbonyl (C=O) groups excluding carboxylic acids is 1. The molecule has 0 bridgehead atoms. The molecule has 1 aromatic heterocycles. The molecule has 23 heavy (non-hydrogen) atoms. The summed E-state index contributed by atoms with van der Waals surface area (Å²) in [4.78, 5) is 17.0. The van der Waals surface area contributed by atoms with Crippen molar-refractivity contribution in [1.82, 2.24) is 10.3 Å². The van der Waals surface area contributed by atoms with E-state index in [1.165, 1.54) is 0 Å². The van der Waals surface area contributed by atoms with Gasteiger partial charge >= 0.3 is 0 Å². The average Bonchev–Trinajstić information content (AvgIpc) is 2.42. The maximum Gasteiger partial charge on any atom is 0.253 e. The zero-order valence-corrected chi connectivity index (χ0v) is 14.6. The number of rotatable bonds is 5. The minimum absolute atomic E-state index is 0.115. The quantitative estimate of drug-likeness (QED) is 0.889. The Hall–Kier alpha value is -1.94. The van der Waals surface area contributed by atoms with Crippen molar-refractivity contribution in [2.75, 3.05) is 6.54 Å². The molecule has 0 aliphatic heterocycles. The molecule has 0 aliphatic rings. The van der Waals surface area contributed by atoms with Crippen molar-refractivity contribution in [3.8, 4) is 0 Å². The van der Waals surface area contributed by atoms with Gasteiger partial charge in [0.2, 0.25) is 0 Å². The highest BCUT2D eigenvalue weighted by molar-refractivity contribution is 5.98. The number of aliphatic hydroxyl groups excluding tert-OH is 1. The number of nitrogens with one attached hydrogen (secondary N) is 1. The molecule has 1 heterocycles. The third-order valence-corrected chi connectivity index (χ3v) is 3.98. The normalized spacial score (nSPS) is 13.1. The van der Waals surface area contributed by atoms with Gasteiger partial charge in [0.25, 0.3) is 5.91 Å². The second kappa shape index (κ2) is 6.67. The van der Waals surface area contributed by atoms with Crippen molar-refractivity contribution in [2.24, 2.45) is 5.41 Å². The lowest BCUT2D eigenvalue weighted by Gasteiger charge is -2.26. The van der Waals surface area contributed by atoms with Gasteiger partial charge in [0, 0.05) is 11.9 Å². The second-order valence-electron chi connectivity index (χ2n) is 7.22. The zero-order valence-electron chi connectivity index (χ0n) is 14.6. The molecule has 1 amide bonds. The van der Waals surface area contributed by atoms with Gasteiger partial charge in [-0.25, -0.2) is 0 Å². The molecule has 4 nitrogen and oxygen atoms in total. The second-order valence-corrected chi connectivity index (χ2v) is 7.22. The molecule has 1 atom stereocenters. The van der Waals surface area contributed by atoms with E-state index in [-0.39, 0.29) is 17.4 Å². The summed E-state index contributed by atoms with van der Waals surface area (Å²) < 4.78 is 0. The Labute approximate surface area is 137 Å². The number of aromatic nitrogens is 1. The fraction of sp³-hybridized carbons (Fsp3) is 0.474. The standard InChI is InChI=1S/C19H26N2O2/c1-12-6-7-15-9-16(14(3)21-17(15)8-12)18(23)20-11-19(4,5)10-13(2)22/h6-9,13,22H,10-11H2,1-5H3,(H,20,23). The molecular weight excluding hydrogens is 288 g/mol. The van der Waals surface area contributed by atoms with Crippen LogP contribution in [0.25, 0.3) is 10.9 Å². The van der Waals surface area contributed by atoms with Gasteiger partial charge in [0.15, 0.2) is 0 Å². The Morgan fingerprint density at radius 3 is 2.65 bits per heavy atom. The van der Waals surface area contributed by atoms with Crippen molar-refractivity contribution >= 4 is 16.8 Å². The van der Waals surface area contributed by atoms with Gasteiger partial charge in [-0.3, -0.25) is 9.78 Å². The topological polar surface area (TPSA) is 62.2 Å². The lowest BCUT2D eigenvalue weighted by atomic mass is 9.87. The van der Waals surface area contributed by atoms with E-state index in [1.807, 2.05) is 52.0 Å². The molecular formula is C19H26N2O2. The van der Waals surface area contributed by atoms with Crippen LogP contribution in [0.1, 0.15) is 48.8 Å². The van der Waals surface area contributed by atoms with Crippen LogP contribution in [0.2, 0.25) is 0 Å². The van der Waals surface area contributed by atoms with Gasteiger partial charge in [-0.05, 0) is 50.3 Å². The van der Waals surface area contributed by atoms with Crippen LogP contribution in [-0.4, -0.2) is 28.6 Å². The maximum absolute atomic E-state index is 12.5. The first kappa shape index (κ1) is 17.4. The summed E-state index contributed by atoms with van der Waals surface area (Å²) in [6.45, 7) is 10.2. The van der Waals surface area contributed by atoms with Gasteiger partial charge in [0.05, 0.1) is 22.9 Å². The Morgan fingerprint density at radius 2 is 2.00 bits per heavy atom. The number of carbonyl (C=O) groups is 1. The van der Waals surface area contributed by atoms with Crippen LogP contribution >= 0.6 is 0 Å². The Balaban J connectivity index is 2.18. The summed E-state index contributed by atoms with van der Waals surface area (Å²) >= 11 is 0. The highest BCUT2D eigenvalue weighted by Gasteiger charge is 2.22. The average molecular weight is 314 g/mol. The number of nitrogens with zero attached hydrogens (tertiary/aromatic N) is 1. The molecule has 0 spiro atoms. The lowest BCUT2D eigenvalue weighted by molar-refractivity contribution is 0.0901. The summed E-state index contributed by atoms with van der Waals surface area (Å²) in [5.41, 5.74) is 3.25. The number of aryl methyl sites for hydroxylation is 2. The largest absolute Gasteiger partial charge is 0.393 e. The molecule has 0 saturated carbocycles. The molecule has 1 aromatic carbocycles. The fourth-order valence-electron chi connectivity index (χ4n) is 2.89. The first-order valence-corrected chi connectivity index (χ1v) is 8.02. The third-order valence-electron chi connectivity index (χ3n) is 3.98. The minimum atomic E-state index is -0.380. The number of benzene rings is 1. The predicted octanol–water partition coefficient (Wildman–Crippen LogP) is 3.38. The highest BCUT2D eigenvalue weighted by Crippen LogP contribution is 2.22. The van der Waals surface area contributed by atoms with Gasteiger partial charge in [-0.1, -0.05) is 26.0 Å². The van der Waals surface area contributed by atoms with E-state index in [4.69, 9.17) is 0 Å². The van der Waals surface area contributed by atoms with Crippen molar-refractivity contribution < 1.29 is 9.90 Å². The summed E-state index contributed by atoms with van der Waals surface area (Å²) in [5.74, 6) is -0.115. The summed E-state index contributed by atoms with van der Waals surface area (Å²) in [7, 11) is 0. The third kappa shape index (κ3) is 4.52. The SMILES string of the molecule is Cc1ccc2cc(C(=O)NCC(C)(C)CC(C)O)c(C)nc2c1. The van der Waals surface area contributed by atoms with E-state index in [9.17, 15) is 9.90 Å². The van der Waals surface area contributed by atoms with Crippen LogP contribution in [-0.2, 0) is 0 Å². The van der Waals surface area contributed by atoms with Crippen LogP contribution in [0.15, 0.2) is 24.3 Å². The smallest absolute Gasteiger partial charge is 0.253 e. The molecule has 1 unspecified atom stereocenters. The van der Waals surface area contributed by atoms with E-state index >= 15 is 0 Å². The first-order chi connectivity index (χ1) is 10.7. The number of amides is 1. The molecule has 0 fully saturated rings. The van der Waals surface area contributed by atoms with E-state index in [1.54, 1.807) is 6.92 Å². The van der Waals surface area contributed by atoms with Crippen LogP contribution in [0.3, 0.4) is 0 Å². The monoisotopic (exact) mass is 314 g/mol. The Morgan fingerprint density at radius 1 is 1.30 bits per heavy atom. The first-order valence-electron chi connectivity index (χ1n) is 8.02. The highest BCUT2D eigenvalue weighted by atomic mass is 16.3. The van der Waals surface area contributed by atoms with Crippen molar-refractivity contribution in [3.05, 3.63) is 41.1 Å². The van der Waals surface area contributed by atoms with E-state index in [0.29, 0.717) is 18.5 Å². The van der Waals surface area contributed by atoms with E-state index in [0.717, 1.165) is 22.2 Å². The number of aliphatic hydroxyl groups is 1. The summed E-state index contributed by atoms with van der Waals surface area (Å²) in [5, 5.41) is 13.5. The van der Waals surface area contributed by atoms with Crippen molar-refractivity contribution in [2.45, 2.75) is 47.1 Å². The molecule has 2 aromatic rings. The Bertz CT molecular complexity index is 721. The van der Waals surface area contributed by atoms with E-state index < -0.39 is 0 Å². The Kier molecular flexibility index (Phi) is 5.05. The van der Waals surface area contributed by atoms with Crippen LogP contribution in [0.4, 0.5) is 0 Å². The molecule has 124 valence electrons. The van der Waals surface area contributed by atoms with Gasteiger partial charge < -0.3 is 10.4 Å². The number of hydrogen-bond acceptors (Lipinski definition) is 3. The van der Waals surface area contributed by atoms with Crippen LogP contribution < -0.4 is 5.32 Å². The number of fused-ring (bicyclic) bond motifs is 1. The molecule has 0 saturated heterocycles. The van der Waals surface area contributed by atoms with Gasteiger partial charge in [0.1, 0.15) is 0 Å². The predicted molar refractivity (Wildman–Crippen MR) is 93.6 cm³/mol. The van der Waals surface area contributed by atoms with Gasteiger partial charge in [-0.15, -0.1) is 0 Å². The molecule has 4 heteroatoms. The molecule has 0 radical (unpaired) electrons. The molecule has 2 rings (SSSR count). The number of hydrogen-bond donors (Lipinski definition) is 2. The zero-order chi connectivity index (χ0) is 17.2. The number of pyridine rings is 1. The van der Waals surface area contributed by atoms with E-state index in [2.05, 4.69) is 10.3 Å².